The van der Waals surface area contributed by atoms with E-state index in [1.807, 2.05) is 29.2 Å². The second kappa shape index (κ2) is 9.61. The Balaban J connectivity index is 1.45. The Hall–Kier alpha value is -2.51. The highest BCUT2D eigenvalue weighted by atomic mass is 79.9. The lowest BCUT2D eigenvalue weighted by Crippen LogP contribution is -2.50. The van der Waals surface area contributed by atoms with Crippen molar-refractivity contribution in [2.45, 2.75) is 0 Å². The predicted molar refractivity (Wildman–Crippen MR) is 111 cm³/mol. The van der Waals surface area contributed by atoms with Crippen molar-refractivity contribution in [3.63, 3.8) is 0 Å². The van der Waals surface area contributed by atoms with Gasteiger partial charge in [0.25, 0.3) is 0 Å². The van der Waals surface area contributed by atoms with Crippen molar-refractivity contribution in [3.05, 3.63) is 70.5 Å². The molecule has 1 fully saturated rings. The summed E-state index contributed by atoms with van der Waals surface area (Å²) in [5.74, 6) is -0.626. The summed E-state index contributed by atoms with van der Waals surface area (Å²) in [6.45, 7) is 2.57. The molecular weight excluding hydrogens is 425 g/mol. The summed E-state index contributed by atoms with van der Waals surface area (Å²) < 4.78 is 14.1. The fraction of sp³-hybridized carbons (Fsp3) is 0.238. The lowest BCUT2D eigenvalue weighted by atomic mass is 10.2. The summed E-state index contributed by atoms with van der Waals surface area (Å²) >= 11 is 3.46. The average Bonchev–Trinajstić information content (AvgIpc) is 2.67. The third-order valence-electron chi connectivity index (χ3n) is 4.47. The minimum atomic E-state index is -0.388. The van der Waals surface area contributed by atoms with Gasteiger partial charge in [0.2, 0.25) is 11.8 Å². The molecule has 0 bridgehead atoms. The van der Waals surface area contributed by atoms with E-state index in [4.69, 9.17) is 0 Å². The Morgan fingerprint density at radius 2 is 1.82 bits per heavy atom. The first-order chi connectivity index (χ1) is 13.5. The lowest BCUT2D eigenvalue weighted by Gasteiger charge is -2.33. The van der Waals surface area contributed by atoms with Gasteiger partial charge in [0.1, 0.15) is 5.82 Å². The van der Waals surface area contributed by atoms with Crippen molar-refractivity contribution in [1.29, 1.82) is 0 Å². The molecule has 1 N–H and O–H groups in total. The molecule has 0 aliphatic carbocycles. The van der Waals surface area contributed by atoms with E-state index < -0.39 is 0 Å². The molecule has 0 aromatic heterocycles. The molecule has 3 rings (SSSR count). The Morgan fingerprint density at radius 1 is 1.07 bits per heavy atom. The highest BCUT2D eigenvalue weighted by Crippen LogP contribution is 2.17. The predicted octanol–water partition coefficient (Wildman–Crippen LogP) is 3.38. The molecule has 0 unspecified atom stereocenters. The van der Waals surface area contributed by atoms with Crippen LogP contribution in [0.15, 0.2) is 59.1 Å². The number of halogens is 2. The normalized spacial score (nSPS) is 15.0. The lowest BCUT2D eigenvalue weighted by molar-refractivity contribution is -0.127. The molecule has 2 aromatic rings. The molecule has 2 aromatic carbocycles. The second-order valence-electron chi connectivity index (χ2n) is 6.51. The van der Waals surface area contributed by atoms with Gasteiger partial charge in [-0.05, 0) is 35.9 Å². The quantitative estimate of drug-likeness (QED) is 0.717. The van der Waals surface area contributed by atoms with Crippen molar-refractivity contribution < 1.29 is 14.0 Å². The standard InChI is InChI=1S/C21H21BrFN3O2/c22-19-7-2-1-4-16(19)8-9-21(28)26-12-10-25(11-13-26)15-20(27)24-18-6-3-5-17(23)14-18/h1-9,14H,10-13,15H2,(H,24,27)/b9-8+. The molecule has 0 atom stereocenters. The molecule has 146 valence electrons. The molecule has 2 amide bonds. The molecule has 1 aliphatic heterocycles. The summed E-state index contributed by atoms with van der Waals surface area (Å²) in [6.07, 6.45) is 3.37. The Morgan fingerprint density at radius 3 is 2.54 bits per heavy atom. The molecule has 1 heterocycles. The first-order valence-electron chi connectivity index (χ1n) is 9.00. The van der Waals surface area contributed by atoms with Crippen LogP contribution in [0.5, 0.6) is 0 Å². The molecule has 0 saturated carbocycles. The molecule has 28 heavy (non-hydrogen) atoms. The summed E-state index contributed by atoms with van der Waals surface area (Å²) in [7, 11) is 0. The van der Waals surface area contributed by atoms with Gasteiger partial charge in [-0.3, -0.25) is 14.5 Å². The van der Waals surface area contributed by atoms with E-state index in [-0.39, 0.29) is 24.2 Å². The van der Waals surface area contributed by atoms with E-state index in [2.05, 4.69) is 21.2 Å². The van der Waals surface area contributed by atoms with Crippen molar-refractivity contribution in [3.8, 4) is 0 Å². The topological polar surface area (TPSA) is 52.7 Å². The van der Waals surface area contributed by atoms with Gasteiger partial charge >= 0.3 is 0 Å². The van der Waals surface area contributed by atoms with E-state index >= 15 is 0 Å². The molecular formula is C21H21BrFN3O2. The highest BCUT2D eigenvalue weighted by molar-refractivity contribution is 9.10. The number of piperazine rings is 1. The van der Waals surface area contributed by atoms with Gasteiger partial charge in [-0.2, -0.15) is 0 Å². The third-order valence-corrected chi connectivity index (χ3v) is 5.19. The number of rotatable bonds is 5. The summed E-state index contributed by atoms with van der Waals surface area (Å²) in [5, 5.41) is 2.69. The monoisotopic (exact) mass is 445 g/mol. The van der Waals surface area contributed by atoms with Gasteiger partial charge in [-0.1, -0.05) is 40.2 Å². The van der Waals surface area contributed by atoms with E-state index in [1.165, 1.54) is 12.1 Å². The maximum absolute atomic E-state index is 13.2. The molecule has 1 aliphatic rings. The smallest absolute Gasteiger partial charge is 0.246 e. The SMILES string of the molecule is O=C(CN1CCN(C(=O)/C=C/c2ccccc2Br)CC1)Nc1cccc(F)c1. The van der Waals surface area contributed by atoms with Gasteiger partial charge in [-0.25, -0.2) is 4.39 Å². The van der Waals surface area contributed by atoms with Gasteiger partial charge in [-0.15, -0.1) is 0 Å². The van der Waals surface area contributed by atoms with Gasteiger partial charge in [0.05, 0.1) is 6.54 Å². The summed E-state index contributed by atoms with van der Waals surface area (Å²) in [4.78, 5) is 28.3. The van der Waals surface area contributed by atoms with E-state index in [0.717, 1.165) is 10.0 Å². The van der Waals surface area contributed by atoms with Crippen LogP contribution in [0.4, 0.5) is 10.1 Å². The second-order valence-corrected chi connectivity index (χ2v) is 7.37. The molecule has 0 radical (unpaired) electrons. The first-order valence-corrected chi connectivity index (χ1v) is 9.80. The van der Waals surface area contributed by atoms with E-state index in [9.17, 15) is 14.0 Å². The zero-order chi connectivity index (χ0) is 19.9. The van der Waals surface area contributed by atoms with Crippen LogP contribution in [0.25, 0.3) is 6.08 Å². The van der Waals surface area contributed by atoms with Crippen molar-refractivity contribution in [1.82, 2.24) is 9.80 Å². The van der Waals surface area contributed by atoms with Gasteiger partial charge < -0.3 is 10.2 Å². The Labute approximate surface area is 172 Å². The van der Waals surface area contributed by atoms with Crippen molar-refractivity contribution >= 4 is 39.5 Å². The van der Waals surface area contributed by atoms with Gasteiger partial charge in [0.15, 0.2) is 0 Å². The fourth-order valence-electron chi connectivity index (χ4n) is 2.97. The number of carbonyl (C=O) groups is 2. The maximum atomic E-state index is 13.2. The minimum Gasteiger partial charge on any atom is -0.337 e. The highest BCUT2D eigenvalue weighted by Gasteiger charge is 2.21. The average molecular weight is 446 g/mol. The molecule has 5 nitrogen and oxygen atoms in total. The number of nitrogens with zero attached hydrogens (tertiary/aromatic N) is 2. The number of hydrogen-bond acceptors (Lipinski definition) is 3. The van der Waals surface area contributed by atoms with E-state index in [0.29, 0.717) is 31.9 Å². The van der Waals surface area contributed by atoms with Crippen LogP contribution in [0.3, 0.4) is 0 Å². The van der Waals surface area contributed by atoms with Crippen molar-refractivity contribution in [2.24, 2.45) is 0 Å². The van der Waals surface area contributed by atoms with Crippen LogP contribution in [-0.2, 0) is 9.59 Å². The number of carbonyl (C=O) groups excluding carboxylic acids is 2. The zero-order valence-corrected chi connectivity index (χ0v) is 16.9. The van der Waals surface area contributed by atoms with Gasteiger partial charge in [0, 0.05) is 42.4 Å². The minimum absolute atomic E-state index is 0.0420. The number of hydrogen-bond donors (Lipinski definition) is 1. The summed E-state index contributed by atoms with van der Waals surface area (Å²) in [6, 6.07) is 13.5. The zero-order valence-electron chi connectivity index (χ0n) is 15.3. The molecule has 0 spiro atoms. The largest absolute Gasteiger partial charge is 0.337 e. The molecule has 7 heteroatoms. The number of amides is 2. The van der Waals surface area contributed by atoms with Crippen LogP contribution in [0.1, 0.15) is 5.56 Å². The van der Waals surface area contributed by atoms with Crippen LogP contribution in [0, 0.1) is 5.82 Å². The van der Waals surface area contributed by atoms with Crippen LogP contribution in [0.2, 0.25) is 0 Å². The van der Waals surface area contributed by atoms with Crippen molar-refractivity contribution in [2.75, 3.05) is 38.0 Å². The number of benzene rings is 2. The van der Waals surface area contributed by atoms with E-state index in [1.54, 1.807) is 29.2 Å². The fourth-order valence-corrected chi connectivity index (χ4v) is 3.39. The first kappa shape index (κ1) is 20.2. The molecule has 1 saturated heterocycles. The van der Waals surface area contributed by atoms with Crippen LogP contribution in [-0.4, -0.2) is 54.3 Å². The van der Waals surface area contributed by atoms with Crippen LogP contribution < -0.4 is 5.32 Å². The Kier molecular flexibility index (Phi) is 6.95. The number of anilines is 1. The third kappa shape index (κ3) is 5.74. The Bertz CT molecular complexity index is 879. The number of nitrogens with one attached hydrogen (secondary N) is 1. The maximum Gasteiger partial charge on any atom is 0.246 e. The van der Waals surface area contributed by atoms with Crippen LogP contribution >= 0.6 is 15.9 Å². The summed E-state index contributed by atoms with van der Waals surface area (Å²) in [5.41, 5.74) is 1.39.